The van der Waals surface area contributed by atoms with Gasteiger partial charge in [0, 0.05) is 24.0 Å². The van der Waals surface area contributed by atoms with Crippen molar-refractivity contribution in [3.63, 3.8) is 0 Å². The van der Waals surface area contributed by atoms with Gasteiger partial charge in [-0.25, -0.2) is 0 Å². The molecule has 20 heavy (non-hydrogen) atoms. The van der Waals surface area contributed by atoms with E-state index in [0.29, 0.717) is 24.9 Å². The quantitative estimate of drug-likeness (QED) is 0.909. The molecule has 1 N–H and O–H groups in total. The molecule has 3 rings (SSSR count). The molecule has 2 unspecified atom stereocenters. The zero-order valence-corrected chi connectivity index (χ0v) is 12.6. The minimum Gasteiger partial charge on any atom is -0.335 e. The van der Waals surface area contributed by atoms with Crippen molar-refractivity contribution in [1.82, 2.24) is 10.2 Å². The largest absolute Gasteiger partial charge is 0.335 e. The van der Waals surface area contributed by atoms with Crippen LogP contribution in [-0.4, -0.2) is 29.9 Å². The second-order valence-electron chi connectivity index (χ2n) is 5.98. The second-order valence-corrected chi connectivity index (χ2v) is 6.38. The maximum Gasteiger partial charge on any atom is 0.223 e. The lowest BCUT2D eigenvalue weighted by Gasteiger charge is -2.44. The zero-order chi connectivity index (χ0) is 14.1. The number of nitrogens with zero attached hydrogens (tertiary/aromatic N) is 1. The van der Waals surface area contributed by atoms with Crippen molar-refractivity contribution in [2.75, 3.05) is 13.1 Å². The first-order valence-electron chi connectivity index (χ1n) is 7.40. The van der Waals surface area contributed by atoms with Crippen LogP contribution in [0.25, 0.3) is 0 Å². The third-order valence-electron chi connectivity index (χ3n) is 4.57. The Labute approximate surface area is 125 Å². The monoisotopic (exact) mass is 292 g/mol. The van der Waals surface area contributed by atoms with Crippen LogP contribution in [-0.2, 0) is 11.3 Å². The van der Waals surface area contributed by atoms with E-state index in [-0.39, 0.29) is 5.91 Å². The molecule has 2 fully saturated rings. The second kappa shape index (κ2) is 5.74. The number of amides is 1. The molecule has 0 radical (unpaired) electrons. The predicted molar refractivity (Wildman–Crippen MR) is 80.7 cm³/mol. The first-order valence-corrected chi connectivity index (χ1v) is 7.78. The highest BCUT2D eigenvalue weighted by Gasteiger charge is 2.37. The number of carbonyl (C=O) groups excluding carboxylic acids is 1. The molecule has 2 aliphatic rings. The van der Waals surface area contributed by atoms with E-state index in [4.69, 9.17) is 11.6 Å². The van der Waals surface area contributed by atoms with E-state index in [0.717, 1.165) is 42.1 Å². The third kappa shape index (κ3) is 2.70. The van der Waals surface area contributed by atoms with E-state index >= 15 is 0 Å². The molecule has 1 aromatic carbocycles. The first kappa shape index (κ1) is 13.9. The van der Waals surface area contributed by atoms with Crippen LogP contribution in [0.5, 0.6) is 0 Å². The molecule has 2 heterocycles. The summed E-state index contributed by atoms with van der Waals surface area (Å²) in [5.74, 6) is 0.885. The highest BCUT2D eigenvalue weighted by atomic mass is 35.5. The number of hydrogen-bond acceptors (Lipinski definition) is 2. The Kier molecular flexibility index (Phi) is 3.99. The fourth-order valence-electron chi connectivity index (χ4n) is 3.42. The number of rotatable bonds is 2. The Balaban J connectivity index is 1.81. The van der Waals surface area contributed by atoms with Crippen molar-refractivity contribution >= 4 is 17.5 Å². The third-order valence-corrected chi connectivity index (χ3v) is 4.92. The Morgan fingerprint density at radius 3 is 3.05 bits per heavy atom. The number of carbonyl (C=O) groups is 1. The molecule has 2 atom stereocenters. The number of nitrogens with one attached hydrogen (secondary N) is 1. The first-order chi connectivity index (χ1) is 9.65. The molecule has 0 aliphatic carbocycles. The summed E-state index contributed by atoms with van der Waals surface area (Å²) < 4.78 is 0. The summed E-state index contributed by atoms with van der Waals surface area (Å²) in [4.78, 5) is 14.4. The van der Waals surface area contributed by atoms with Gasteiger partial charge in [-0.1, -0.05) is 23.7 Å². The van der Waals surface area contributed by atoms with Gasteiger partial charge in [0.15, 0.2) is 0 Å². The van der Waals surface area contributed by atoms with Crippen LogP contribution in [0.3, 0.4) is 0 Å². The van der Waals surface area contributed by atoms with Crippen LogP contribution in [0, 0.1) is 12.8 Å². The van der Waals surface area contributed by atoms with E-state index in [1.54, 1.807) is 0 Å². The summed E-state index contributed by atoms with van der Waals surface area (Å²) in [6.07, 6.45) is 2.75. The average molecular weight is 293 g/mol. The molecule has 0 saturated carbocycles. The van der Waals surface area contributed by atoms with E-state index in [1.165, 1.54) is 0 Å². The smallest absolute Gasteiger partial charge is 0.223 e. The molecular weight excluding hydrogens is 272 g/mol. The molecule has 2 aliphatic heterocycles. The van der Waals surface area contributed by atoms with Crippen molar-refractivity contribution in [2.45, 2.75) is 38.8 Å². The predicted octanol–water partition coefficient (Wildman–Crippen LogP) is 2.75. The fourth-order valence-corrected chi connectivity index (χ4v) is 3.72. The molecule has 2 saturated heterocycles. The van der Waals surface area contributed by atoms with E-state index in [2.05, 4.69) is 22.3 Å². The van der Waals surface area contributed by atoms with E-state index in [1.807, 2.05) is 13.0 Å². The van der Waals surface area contributed by atoms with E-state index < -0.39 is 0 Å². The molecule has 4 heteroatoms. The highest BCUT2D eigenvalue weighted by molar-refractivity contribution is 6.31. The van der Waals surface area contributed by atoms with Crippen molar-refractivity contribution in [2.24, 2.45) is 5.92 Å². The standard InChI is InChI=1S/C16H21ClN2O/c1-11-2-3-13(14(17)8-11)10-19-15-6-7-18-9-12(15)4-5-16(19)20/h2-3,8,12,15,18H,4-7,9-10H2,1H3. The van der Waals surface area contributed by atoms with Gasteiger partial charge in [-0.3, -0.25) is 4.79 Å². The molecule has 0 aromatic heterocycles. The normalized spacial score (nSPS) is 26.5. The van der Waals surface area contributed by atoms with Gasteiger partial charge in [0.2, 0.25) is 5.91 Å². The topological polar surface area (TPSA) is 32.3 Å². The minimum atomic E-state index is 0.282. The van der Waals surface area contributed by atoms with Crippen molar-refractivity contribution < 1.29 is 4.79 Å². The Morgan fingerprint density at radius 1 is 1.40 bits per heavy atom. The zero-order valence-electron chi connectivity index (χ0n) is 11.9. The fraction of sp³-hybridized carbons (Fsp3) is 0.562. The maximum atomic E-state index is 12.3. The number of fused-ring (bicyclic) bond motifs is 1. The lowest BCUT2D eigenvalue weighted by atomic mass is 9.84. The van der Waals surface area contributed by atoms with Gasteiger partial charge in [-0.05, 0) is 56.0 Å². The summed E-state index contributed by atoms with van der Waals surface area (Å²) in [5, 5.41) is 4.21. The number of benzene rings is 1. The summed E-state index contributed by atoms with van der Waals surface area (Å²) >= 11 is 6.32. The molecule has 0 bridgehead atoms. The van der Waals surface area contributed by atoms with Gasteiger partial charge in [0.25, 0.3) is 0 Å². The van der Waals surface area contributed by atoms with Crippen LogP contribution in [0.1, 0.15) is 30.4 Å². The maximum absolute atomic E-state index is 12.3. The highest BCUT2D eigenvalue weighted by Crippen LogP contribution is 2.31. The summed E-state index contributed by atoms with van der Waals surface area (Å²) in [6.45, 7) is 4.73. The molecule has 0 spiro atoms. The number of halogens is 1. The Morgan fingerprint density at radius 2 is 2.25 bits per heavy atom. The lowest BCUT2D eigenvalue weighted by molar-refractivity contribution is -0.140. The van der Waals surface area contributed by atoms with Crippen molar-refractivity contribution in [3.05, 3.63) is 34.3 Å². The average Bonchev–Trinajstić information content (AvgIpc) is 2.44. The lowest BCUT2D eigenvalue weighted by Crippen LogP contribution is -2.54. The molecular formula is C16H21ClN2O. The molecule has 3 nitrogen and oxygen atoms in total. The van der Waals surface area contributed by atoms with Gasteiger partial charge >= 0.3 is 0 Å². The summed E-state index contributed by atoms with van der Waals surface area (Å²) in [7, 11) is 0. The number of piperidine rings is 2. The Bertz CT molecular complexity index is 517. The Hall–Kier alpha value is -1.06. The molecule has 108 valence electrons. The molecule has 1 amide bonds. The van der Waals surface area contributed by atoms with Gasteiger partial charge in [-0.2, -0.15) is 0 Å². The van der Waals surface area contributed by atoms with Gasteiger partial charge < -0.3 is 10.2 Å². The van der Waals surface area contributed by atoms with Gasteiger partial charge in [0.05, 0.1) is 0 Å². The van der Waals surface area contributed by atoms with Crippen molar-refractivity contribution in [1.29, 1.82) is 0 Å². The minimum absolute atomic E-state index is 0.282. The van der Waals surface area contributed by atoms with Crippen LogP contribution in [0.4, 0.5) is 0 Å². The summed E-state index contributed by atoms with van der Waals surface area (Å²) in [5.41, 5.74) is 2.22. The summed E-state index contributed by atoms with van der Waals surface area (Å²) in [6, 6.07) is 6.48. The molecule has 1 aromatic rings. The number of hydrogen-bond donors (Lipinski definition) is 1. The van der Waals surface area contributed by atoms with Crippen LogP contribution in [0.2, 0.25) is 5.02 Å². The van der Waals surface area contributed by atoms with Gasteiger partial charge in [-0.15, -0.1) is 0 Å². The SMILES string of the molecule is Cc1ccc(CN2C(=O)CCC3CNCCC32)c(Cl)c1. The van der Waals surface area contributed by atoms with Crippen LogP contribution >= 0.6 is 11.6 Å². The van der Waals surface area contributed by atoms with Gasteiger partial charge in [0.1, 0.15) is 0 Å². The van der Waals surface area contributed by atoms with Crippen LogP contribution < -0.4 is 5.32 Å². The number of likely N-dealkylation sites (tertiary alicyclic amines) is 1. The van der Waals surface area contributed by atoms with E-state index in [9.17, 15) is 4.79 Å². The van der Waals surface area contributed by atoms with Crippen molar-refractivity contribution in [3.8, 4) is 0 Å². The number of aryl methyl sites for hydroxylation is 1. The van der Waals surface area contributed by atoms with Crippen LogP contribution in [0.15, 0.2) is 18.2 Å².